The number of amides is 2. The van der Waals surface area contributed by atoms with Crippen LogP contribution in [-0.2, 0) is 16.1 Å². The van der Waals surface area contributed by atoms with Crippen molar-refractivity contribution in [2.24, 2.45) is 11.8 Å². The fraction of sp³-hybridized carbons (Fsp3) is 0.567. The minimum atomic E-state index is -0.427. The molecule has 1 aromatic carbocycles. The van der Waals surface area contributed by atoms with Crippen molar-refractivity contribution in [1.29, 1.82) is 0 Å². The van der Waals surface area contributed by atoms with Gasteiger partial charge in [0.25, 0.3) is 5.91 Å². The van der Waals surface area contributed by atoms with Crippen molar-refractivity contribution < 1.29 is 14.4 Å². The third-order valence-corrected chi connectivity index (χ3v) is 7.90. The van der Waals surface area contributed by atoms with Crippen LogP contribution in [0.1, 0.15) is 86.3 Å². The Hall–Kier alpha value is -3.13. The molecule has 204 valence electrons. The van der Waals surface area contributed by atoms with E-state index in [9.17, 15) is 14.4 Å². The van der Waals surface area contributed by atoms with Crippen LogP contribution in [-0.4, -0.2) is 58.1 Å². The predicted octanol–water partition coefficient (Wildman–Crippen LogP) is 3.88. The minimum Gasteiger partial charge on any atom is -0.342 e. The summed E-state index contributed by atoms with van der Waals surface area (Å²) < 4.78 is 0. The third kappa shape index (κ3) is 7.47. The van der Waals surface area contributed by atoms with E-state index >= 15 is 0 Å². The summed E-state index contributed by atoms with van der Waals surface area (Å²) in [4.78, 5) is 49.2. The highest BCUT2D eigenvalue weighted by Gasteiger charge is 2.32. The molecular formula is C30H41N5O3. The molecule has 8 nitrogen and oxygen atoms in total. The minimum absolute atomic E-state index is 0.0696. The van der Waals surface area contributed by atoms with Crippen molar-refractivity contribution in [1.82, 2.24) is 25.5 Å². The highest BCUT2D eigenvalue weighted by Crippen LogP contribution is 2.30. The SMILES string of the molecule is CC(C)C(=O)[C@H](NC(=O)c1cccc([C@@H]2CCCN(C(=O)CNCc3ccncn3)C2)c1)C1CCCCC1. The number of carbonyl (C=O) groups is 3. The first-order valence-corrected chi connectivity index (χ1v) is 14.1. The van der Waals surface area contributed by atoms with Crippen LogP contribution in [0.15, 0.2) is 42.9 Å². The Kier molecular flexibility index (Phi) is 9.98. The molecule has 2 heterocycles. The van der Waals surface area contributed by atoms with Crippen LogP contribution in [0.2, 0.25) is 0 Å². The number of rotatable bonds is 10. The van der Waals surface area contributed by atoms with E-state index < -0.39 is 6.04 Å². The number of piperidine rings is 1. The van der Waals surface area contributed by atoms with E-state index in [1.54, 1.807) is 6.20 Å². The summed E-state index contributed by atoms with van der Waals surface area (Å²) in [6.45, 7) is 5.97. The van der Waals surface area contributed by atoms with Gasteiger partial charge in [-0.2, -0.15) is 0 Å². The van der Waals surface area contributed by atoms with E-state index in [0.29, 0.717) is 18.7 Å². The summed E-state index contributed by atoms with van der Waals surface area (Å²) >= 11 is 0. The predicted molar refractivity (Wildman–Crippen MR) is 146 cm³/mol. The molecule has 2 aliphatic rings. The number of nitrogens with one attached hydrogen (secondary N) is 2. The Morgan fingerprint density at radius 1 is 1.05 bits per heavy atom. The zero-order chi connectivity index (χ0) is 26.9. The smallest absolute Gasteiger partial charge is 0.251 e. The molecule has 1 aliphatic heterocycles. The number of benzene rings is 1. The van der Waals surface area contributed by atoms with Crippen molar-refractivity contribution >= 4 is 17.6 Å². The van der Waals surface area contributed by atoms with E-state index in [2.05, 4.69) is 20.6 Å². The van der Waals surface area contributed by atoms with Crippen LogP contribution in [0.3, 0.4) is 0 Å². The van der Waals surface area contributed by atoms with Crippen LogP contribution in [0, 0.1) is 11.8 Å². The Morgan fingerprint density at radius 2 is 1.87 bits per heavy atom. The third-order valence-electron chi connectivity index (χ3n) is 7.90. The van der Waals surface area contributed by atoms with E-state index in [4.69, 9.17) is 0 Å². The molecule has 2 N–H and O–H groups in total. The maximum atomic E-state index is 13.3. The van der Waals surface area contributed by atoms with Crippen molar-refractivity contribution in [3.8, 4) is 0 Å². The van der Waals surface area contributed by atoms with Gasteiger partial charge in [-0.1, -0.05) is 45.2 Å². The van der Waals surface area contributed by atoms with Gasteiger partial charge in [0, 0.05) is 43.2 Å². The lowest BCUT2D eigenvalue weighted by molar-refractivity contribution is -0.131. The topological polar surface area (TPSA) is 104 Å². The van der Waals surface area contributed by atoms with E-state index in [0.717, 1.165) is 56.3 Å². The van der Waals surface area contributed by atoms with Crippen molar-refractivity contribution in [3.63, 3.8) is 0 Å². The molecule has 2 atom stereocenters. The Bertz CT molecular complexity index is 1080. The van der Waals surface area contributed by atoms with Crippen molar-refractivity contribution in [3.05, 3.63) is 59.7 Å². The Balaban J connectivity index is 1.36. The summed E-state index contributed by atoms with van der Waals surface area (Å²) in [5, 5.41) is 6.29. The van der Waals surface area contributed by atoms with E-state index in [1.807, 2.05) is 49.1 Å². The molecule has 1 aromatic heterocycles. The summed E-state index contributed by atoms with van der Waals surface area (Å²) in [5.74, 6) is 0.278. The molecule has 0 unspecified atom stereocenters. The second-order valence-corrected chi connectivity index (χ2v) is 11.0. The maximum Gasteiger partial charge on any atom is 0.251 e. The normalized spacial score (nSPS) is 19.2. The van der Waals surface area contributed by atoms with Gasteiger partial charge in [0.2, 0.25) is 5.91 Å². The average Bonchev–Trinajstić information content (AvgIpc) is 2.96. The molecule has 38 heavy (non-hydrogen) atoms. The molecule has 1 aliphatic carbocycles. The van der Waals surface area contributed by atoms with Gasteiger partial charge >= 0.3 is 0 Å². The van der Waals surface area contributed by atoms with E-state index in [1.165, 1.54) is 12.7 Å². The van der Waals surface area contributed by atoms with Gasteiger partial charge in [-0.05, 0) is 55.4 Å². The standard InChI is InChI=1S/C30H41N5O3/c1-21(2)29(37)28(22-8-4-3-5-9-22)34-30(38)24-11-6-10-23(16-24)25-12-7-15-35(19-25)27(36)18-32-17-26-13-14-31-20-33-26/h6,10-11,13-14,16,20-22,25,28,32H,3-5,7-9,12,15,17-19H2,1-2H3,(H,34,38)/t25-,28-/m1/s1. The van der Waals surface area contributed by atoms with Gasteiger partial charge in [-0.25, -0.2) is 9.97 Å². The maximum absolute atomic E-state index is 13.3. The number of carbonyl (C=O) groups excluding carboxylic acids is 3. The molecular weight excluding hydrogens is 478 g/mol. The lowest BCUT2D eigenvalue weighted by atomic mass is 9.80. The van der Waals surface area contributed by atoms with Gasteiger partial charge in [0.05, 0.1) is 18.3 Å². The van der Waals surface area contributed by atoms with Gasteiger partial charge in [0.1, 0.15) is 6.33 Å². The van der Waals surface area contributed by atoms with Crippen LogP contribution in [0.5, 0.6) is 0 Å². The summed E-state index contributed by atoms with van der Waals surface area (Å²) in [6.07, 6.45) is 10.5. The molecule has 4 rings (SSSR count). The monoisotopic (exact) mass is 519 g/mol. The largest absolute Gasteiger partial charge is 0.342 e. The van der Waals surface area contributed by atoms with Gasteiger partial charge in [-0.15, -0.1) is 0 Å². The number of likely N-dealkylation sites (tertiary alicyclic amines) is 1. The Morgan fingerprint density at radius 3 is 2.61 bits per heavy atom. The lowest BCUT2D eigenvalue weighted by Gasteiger charge is -2.33. The lowest BCUT2D eigenvalue weighted by Crippen LogP contribution is -2.48. The molecule has 0 radical (unpaired) electrons. The highest BCUT2D eigenvalue weighted by atomic mass is 16.2. The van der Waals surface area contributed by atoms with Crippen LogP contribution < -0.4 is 10.6 Å². The van der Waals surface area contributed by atoms with Crippen LogP contribution >= 0.6 is 0 Å². The molecule has 2 fully saturated rings. The first kappa shape index (κ1) is 27.9. The molecule has 2 amide bonds. The van der Waals surface area contributed by atoms with Gasteiger partial charge in [0.15, 0.2) is 5.78 Å². The number of ketones is 1. The second kappa shape index (κ2) is 13.6. The summed E-state index contributed by atoms with van der Waals surface area (Å²) in [7, 11) is 0. The van der Waals surface area contributed by atoms with Crippen LogP contribution in [0.4, 0.5) is 0 Å². The summed E-state index contributed by atoms with van der Waals surface area (Å²) in [6, 6.07) is 9.12. The first-order valence-electron chi connectivity index (χ1n) is 14.1. The molecule has 0 spiro atoms. The van der Waals surface area contributed by atoms with Crippen LogP contribution in [0.25, 0.3) is 0 Å². The average molecular weight is 520 g/mol. The molecule has 2 aromatic rings. The highest BCUT2D eigenvalue weighted by molar-refractivity contribution is 5.98. The fourth-order valence-electron chi connectivity index (χ4n) is 5.71. The molecule has 0 bridgehead atoms. The number of aromatic nitrogens is 2. The van der Waals surface area contributed by atoms with Gasteiger partial charge < -0.3 is 15.5 Å². The van der Waals surface area contributed by atoms with Crippen molar-refractivity contribution in [2.75, 3.05) is 19.6 Å². The molecule has 1 saturated heterocycles. The molecule has 8 heteroatoms. The second-order valence-electron chi connectivity index (χ2n) is 11.0. The zero-order valence-corrected chi connectivity index (χ0v) is 22.7. The molecule has 1 saturated carbocycles. The van der Waals surface area contributed by atoms with E-state index in [-0.39, 0.29) is 41.9 Å². The van der Waals surface area contributed by atoms with Crippen molar-refractivity contribution in [2.45, 2.75) is 77.3 Å². The van der Waals surface area contributed by atoms with Gasteiger partial charge in [-0.3, -0.25) is 14.4 Å². The Labute approximate surface area is 226 Å². The quantitative estimate of drug-likeness (QED) is 0.494. The number of nitrogens with zero attached hydrogens (tertiary/aromatic N) is 3. The fourth-order valence-corrected chi connectivity index (χ4v) is 5.71. The zero-order valence-electron chi connectivity index (χ0n) is 22.7. The number of hydrogen-bond donors (Lipinski definition) is 2. The number of Topliss-reactive ketones (excluding diaryl/α,β-unsaturated/α-hetero) is 1. The number of hydrogen-bond acceptors (Lipinski definition) is 6. The first-order chi connectivity index (χ1) is 18.4. The summed E-state index contributed by atoms with van der Waals surface area (Å²) in [5.41, 5.74) is 2.49.